The number of ether oxygens (including phenoxy) is 3. The summed E-state index contributed by atoms with van der Waals surface area (Å²) in [6, 6.07) is 0. The second-order valence-corrected chi connectivity index (χ2v) is 8.06. The molecule has 26 heavy (non-hydrogen) atoms. The summed E-state index contributed by atoms with van der Waals surface area (Å²) in [5.74, 6) is -1.29. The smallest absolute Gasteiger partial charge is 0.348 e. The lowest BCUT2D eigenvalue weighted by atomic mass is 10.1. The van der Waals surface area contributed by atoms with Crippen molar-refractivity contribution in [3.8, 4) is 0 Å². The molecule has 1 aromatic carbocycles. The minimum Gasteiger partial charge on any atom is -0.394 e. The highest BCUT2D eigenvalue weighted by molar-refractivity contribution is 9.15. The molecule has 146 valence electrons. The molecule has 1 unspecified atom stereocenters. The van der Waals surface area contributed by atoms with Crippen LogP contribution in [0.25, 0.3) is 0 Å². The number of aliphatic hydroxyl groups excluding tert-OH is 2. The lowest BCUT2D eigenvalue weighted by Gasteiger charge is -2.06. The second kappa shape index (κ2) is 11.8. The van der Waals surface area contributed by atoms with Crippen LogP contribution in [0.4, 0.5) is 0 Å². The lowest BCUT2D eigenvalue weighted by molar-refractivity contribution is 0.0443. The van der Waals surface area contributed by atoms with Crippen molar-refractivity contribution in [3.05, 3.63) is 29.0 Å². The van der Waals surface area contributed by atoms with Gasteiger partial charge in [-0.2, -0.15) is 0 Å². The molecule has 2 aliphatic rings. The first kappa shape index (κ1) is 24.2. The van der Waals surface area contributed by atoms with Gasteiger partial charge in [-0.3, -0.25) is 0 Å². The van der Waals surface area contributed by atoms with E-state index < -0.39 is 11.9 Å². The zero-order valence-corrected chi connectivity index (χ0v) is 19.9. The minimum absolute atomic E-state index is 0.0278. The molecule has 0 aliphatic carbocycles. The van der Waals surface area contributed by atoms with Gasteiger partial charge in [-0.15, -0.1) is 0 Å². The summed E-state index contributed by atoms with van der Waals surface area (Å²) in [6.07, 6.45) is 0.583. The average molecular weight is 628 g/mol. The van der Waals surface area contributed by atoms with Gasteiger partial charge in [0.1, 0.15) is 0 Å². The number of hydrogen-bond acceptors (Lipinski definition) is 7. The molecule has 0 spiro atoms. The van der Waals surface area contributed by atoms with E-state index in [1.807, 2.05) is 0 Å². The first-order chi connectivity index (χ1) is 12.3. The fourth-order valence-electron chi connectivity index (χ4n) is 1.53. The molecular weight excluding hydrogens is 612 g/mol. The molecule has 7 nitrogen and oxygen atoms in total. The number of epoxide rings is 1. The summed E-state index contributed by atoms with van der Waals surface area (Å²) < 4.78 is 16.2. The first-order valence-electron chi connectivity index (χ1n) is 7.29. The van der Waals surface area contributed by atoms with E-state index in [4.69, 9.17) is 14.9 Å². The number of cyclic esters (lactones) is 2. The van der Waals surface area contributed by atoms with Gasteiger partial charge in [-0.05, 0) is 70.6 Å². The highest BCUT2D eigenvalue weighted by Crippen LogP contribution is 2.44. The Morgan fingerprint density at radius 2 is 1.27 bits per heavy atom. The Morgan fingerprint density at radius 3 is 1.54 bits per heavy atom. The summed E-state index contributed by atoms with van der Waals surface area (Å²) in [4.78, 5) is 22.8. The predicted octanol–water partition coefficient (Wildman–Crippen LogP) is 3.44. The van der Waals surface area contributed by atoms with E-state index in [0.29, 0.717) is 37.2 Å². The Balaban J connectivity index is 0.000000254. The molecule has 0 radical (unpaired) electrons. The second-order valence-electron chi connectivity index (χ2n) is 4.89. The van der Waals surface area contributed by atoms with Crippen LogP contribution in [-0.2, 0) is 14.2 Å². The molecule has 11 heteroatoms. The predicted molar refractivity (Wildman–Crippen MR) is 107 cm³/mol. The summed E-state index contributed by atoms with van der Waals surface area (Å²) in [6.45, 7) is 3.74. The van der Waals surface area contributed by atoms with Gasteiger partial charge in [-0.25, -0.2) is 9.59 Å². The Bertz CT molecular complexity index is 613. The van der Waals surface area contributed by atoms with Crippen molar-refractivity contribution < 1.29 is 34.0 Å². The van der Waals surface area contributed by atoms with Crippen molar-refractivity contribution >= 4 is 75.7 Å². The van der Waals surface area contributed by atoms with Gasteiger partial charge in [0.25, 0.3) is 0 Å². The maximum absolute atomic E-state index is 11.4. The molecule has 1 atom stereocenters. The van der Waals surface area contributed by atoms with E-state index in [0.717, 1.165) is 6.61 Å². The average Bonchev–Trinajstić information content (AvgIpc) is 3.33. The summed E-state index contributed by atoms with van der Waals surface area (Å²) >= 11 is 13.0. The molecule has 1 aromatic rings. The largest absolute Gasteiger partial charge is 0.394 e. The van der Waals surface area contributed by atoms with Crippen molar-refractivity contribution in [2.45, 2.75) is 13.0 Å². The van der Waals surface area contributed by atoms with Crippen LogP contribution in [0.15, 0.2) is 17.9 Å². The number of halogens is 4. The van der Waals surface area contributed by atoms with Gasteiger partial charge in [0, 0.05) is 17.9 Å². The zero-order valence-electron chi connectivity index (χ0n) is 13.6. The summed E-state index contributed by atoms with van der Waals surface area (Å²) in [5, 5.41) is 16.2. The highest BCUT2D eigenvalue weighted by Gasteiger charge is 2.36. The van der Waals surface area contributed by atoms with Gasteiger partial charge >= 0.3 is 11.9 Å². The molecule has 0 saturated carbocycles. The van der Waals surface area contributed by atoms with Crippen molar-refractivity contribution in [1.29, 1.82) is 0 Å². The molecule has 1 saturated heterocycles. The van der Waals surface area contributed by atoms with E-state index in [9.17, 15) is 9.59 Å². The normalized spacial score (nSPS) is 16.8. The first-order valence-corrected chi connectivity index (χ1v) is 10.5. The van der Waals surface area contributed by atoms with Crippen LogP contribution in [0.2, 0.25) is 0 Å². The lowest BCUT2D eigenvalue weighted by Crippen LogP contribution is -2.03. The topological polar surface area (TPSA) is 106 Å². The highest BCUT2D eigenvalue weighted by atomic mass is 79.9. The van der Waals surface area contributed by atoms with Gasteiger partial charge in [0.05, 0.1) is 50.3 Å². The van der Waals surface area contributed by atoms with E-state index in [-0.39, 0.29) is 24.3 Å². The number of carbonyl (C=O) groups excluding carboxylic acids is 2. The number of rotatable bonds is 4. The number of carbonyl (C=O) groups is 2. The van der Waals surface area contributed by atoms with Crippen LogP contribution in [-0.4, -0.2) is 61.3 Å². The molecule has 0 amide bonds. The number of aliphatic hydroxyl groups is 2. The van der Waals surface area contributed by atoms with Crippen molar-refractivity contribution in [2.75, 3.05) is 33.0 Å². The fraction of sp³-hybridized carbons (Fsp3) is 0.467. The van der Waals surface area contributed by atoms with E-state index in [1.54, 1.807) is 0 Å². The Labute approximate surface area is 183 Å². The van der Waals surface area contributed by atoms with Gasteiger partial charge in [0.15, 0.2) is 0 Å². The maximum atomic E-state index is 11.4. The molecule has 0 aromatic heterocycles. The third-order valence-corrected chi connectivity index (χ3v) is 7.60. The SMILES string of the molecule is CC1CO1.O=C1OC(=O)c2c(Br)c(Br)c(Br)c(Br)c21.OCCOCCO. The van der Waals surface area contributed by atoms with Gasteiger partial charge in [0.2, 0.25) is 0 Å². The zero-order chi connectivity index (χ0) is 19.9. The molecule has 2 aliphatic heterocycles. The van der Waals surface area contributed by atoms with Crippen LogP contribution < -0.4 is 0 Å². The van der Waals surface area contributed by atoms with E-state index in [1.165, 1.54) is 0 Å². The molecule has 1 fully saturated rings. The van der Waals surface area contributed by atoms with Crippen molar-refractivity contribution in [1.82, 2.24) is 0 Å². The Hall–Kier alpha value is 0.120. The maximum Gasteiger partial charge on any atom is 0.348 e. The third kappa shape index (κ3) is 6.93. The van der Waals surface area contributed by atoms with Gasteiger partial charge in [-0.1, -0.05) is 0 Å². The number of esters is 2. The Kier molecular flexibility index (Phi) is 11.0. The van der Waals surface area contributed by atoms with Crippen LogP contribution in [0.5, 0.6) is 0 Å². The number of fused-ring (bicyclic) bond motifs is 1. The Morgan fingerprint density at radius 1 is 0.923 bits per heavy atom. The van der Waals surface area contributed by atoms with Crippen LogP contribution >= 0.6 is 63.7 Å². The van der Waals surface area contributed by atoms with Crippen molar-refractivity contribution in [2.24, 2.45) is 0 Å². The quantitative estimate of drug-likeness (QED) is 0.132. The van der Waals surface area contributed by atoms with Crippen LogP contribution in [0, 0.1) is 0 Å². The number of benzene rings is 1. The summed E-state index contributed by atoms with van der Waals surface area (Å²) in [7, 11) is 0. The van der Waals surface area contributed by atoms with E-state index >= 15 is 0 Å². The third-order valence-electron chi connectivity index (χ3n) is 2.83. The van der Waals surface area contributed by atoms with Crippen LogP contribution in [0.3, 0.4) is 0 Å². The number of hydrogen-bond donors (Lipinski definition) is 2. The fourth-order valence-corrected chi connectivity index (χ4v) is 3.97. The van der Waals surface area contributed by atoms with Crippen LogP contribution in [0.1, 0.15) is 27.6 Å². The van der Waals surface area contributed by atoms with E-state index in [2.05, 4.69) is 80.1 Å². The monoisotopic (exact) mass is 624 g/mol. The molecule has 0 bridgehead atoms. The van der Waals surface area contributed by atoms with Gasteiger partial charge < -0.3 is 24.4 Å². The molecule has 3 rings (SSSR count). The molecule has 2 heterocycles. The standard InChI is InChI=1S/C8Br4O3.C4H10O3.C3H6O/c9-3-1-2(8(14)15-7(1)13)4(10)6(12)5(3)11;5-1-3-7-4-2-6;1-3-2-4-3/h;5-6H,1-4H2;3H,2H2,1H3. The summed E-state index contributed by atoms with van der Waals surface area (Å²) in [5.41, 5.74) is 0.476. The minimum atomic E-state index is -0.643. The molecular formula is C15H16Br4O7. The molecule has 2 N–H and O–H groups in total. The van der Waals surface area contributed by atoms with Crippen molar-refractivity contribution in [3.63, 3.8) is 0 Å².